The molecule has 0 amide bonds. The minimum atomic E-state index is -0.934. The molecule has 1 atom stereocenters. The van der Waals surface area contributed by atoms with Crippen molar-refractivity contribution in [1.29, 1.82) is 0 Å². The van der Waals surface area contributed by atoms with Gasteiger partial charge in [0.1, 0.15) is 17.2 Å². The average molecular weight is 435 g/mol. The fraction of sp³-hybridized carbons (Fsp3) is 0.296. The zero-order chi connectivity index (χ0) is 22.6. The van der Waals surface area contributed by atoms with Crippen molar-refractivity contribution in [3.63, 3.8) is 0 Å². The van der Waals surface area contributed by atoms with Crippen molar-refractivity contribution in [3.8, 4) is 17.2 Å². The summed E-state index contributed by atoms with van der Waals surface area (Å²) in [5, 5.41) is 9.14. The van der Waals surface area contributed by atoms with Gasteiger partial charge in [0.25, 0.3) is 0 Å². The first-order chi connectivity index (χ1) is 15.6. The topological polar surface area (TPSA) is 65.0 Å². The van der Waals surface area contributed by atoms with E-state index in [1.54, 1.807) is 0 Å². The van der Waals surface area contributed by atoms with Crippen LogP contribution >= 0.6 is 0 Å². The molecule has 0 spiro atoms. The SMILES string of the molecule is COC(Cc1cccc(CCCCCOc2ccc(Oc3ccccc3)cc2)c1)C(=O)O. The largest absolute Gasteiger partial charge is 0.494 e. The fourth-order valence-corrected chi connectivity index (χ4v) is 3.42. The number of carboxylic acid groups (broad SMARTS) is 1. The number of methoxy groups -OCH3 is 1. The molecule has 0 radical (unpaired) electrons. The van der Waals surface area contributed by atoms with Gasteiger partial charge in [0.2, 0.25) is 0 Å². The molecule has 5 nitrogen and oxygen atoms in total. The maximum atomic E-state index is 11.1. The second-order valence-corrected chi connectivity index (χ2v) is 7.63. The lowest BCUT2D eigenvalue weighted by atomic mass is 10.0. The molecular weight excluding hydrogens is 404 g/mol. The molecule has 0 heterocycles. The summed E-state index contributed by atoms with van der Waals surface area (Å²) in [5.74, 6) is 1.50. The van der Waals surface area contributed by atoms with E-state index >= 15 is 0 Å². The first-order valence-corrected chi connectivity index (χ1v) is 10.9. The number of para-hydroxylation sites is 1. The van der Waals surface area contributed by atoms with E-state index in [1.807, 2.05) is 66.7 Å². The Bertz CT molecular complexity index is 953. The fourth-order valence-electron chi connectivity index (χ4n) is 3.42. The molecule has 3 rings (SSSR count). The summed E-state index contributed by atoms with van der Waals surface area (Å²) in [6.45, 7) is 0.674. The number of hydrogen-bond acceptors (Lipinski definition) is 4. The molecule has 0 fully saturated rings. The van der Waals surface area contributed by atoms with Crippen LogP contribution in [0.15, 0.2) is 78.9 Å². The number of rotatable bonds is 13. The van der Waals surface area contributed by atoms with Gasteiger partial charge in [-0.1, -0.05) is 42.5 Å². The summed E-state index contributed by atoms with van der Waals surface area (Å²) >= 11 is 0. The van der Waals surface area contributed by atoms with Crippen molar-refractivity contribution >= 4 is 5.97 Å². The van der Waals surface area contributed by atoms with Crippen molar-refractivity contribution in [2.45, 2.75) is 38.2 Å². The lowest BCUT2D eigenvalue weighted by molar-refractivity contribution is -0.148. The van der Waals surface area contributed by atoms with Gasteiger partial charge in [-0.25, -0.2) is 4.79 Å². The molecule has 0 saturated heterocycles. The molecule has 5 heteroatoms. The molecule has 3 aromatic rings. The van der Waals surface area contributed by atoms with Crippen LogP contribution in [0.3, 0.4) is 0 Å². The number of ether oxygens (including phenoxy) is 3. The van der Waals surface area contributed by atoms with Gasteiger partial charge in [0, 0.05) is 13.5 Å². The van der Waals surface area contributed by atoms with Crippen molar-refractivity contribution < 1.29 is 24.1 Å². The smallest absolute Gasteiger partial charge is 0.333 e. The molecule has 0 bridgehead atoms. The highest BCUT2D eigenvalue weighted by molar-refractivity contribution is 5.72. The van der Waals surface area contributed by atoms with Crippen LogP contribution in [0.25, 0.3) is 0 Å². The maximum absolute atomic E-state index is 11.1. The van der Waals surface area contributed by atoms with E-state index in [2.05, 4.69) is 12.1 Å². The third-order valence-electron chi connectivity index (χ3n) is 5.15. The molecule has 1 N–H and O–H groups in total. The zero-order valence-electron chi connectivity index (χ0n) is 18.4. The van der Waals surface area contributed by atoms with Crippen molar-refractivity contribution in [1.82, 2.24) is 0 Å². The van der Waals surface area contributed by atoms with Gasteiger partial charge >= 0.3 is 5.97 Å². The number of hydrogen-bond donors (Lipinski definition) is 1. The molecule has 0 aromatic heterocycles. The van der Waals surface area contributed by atoms with E-state index in [1.165, 1.54) is 12.7 Å². The Morgan fingerprint density at radius 3 is 2.22 bits per heavy atom. The Kier molecular flexibility index (Phi) is 9.14. The molecular formula is C27H30O5. The second kappa shape index (κ2) is 12.5. The number of aliphatic carboxylic acids is 1. The Hall–Kier alpha value is -3.31. The van der Waals surface area contributed by atoms with Crippen LogP contribution in [-0.4, -0.2) is 30.9 Å². The van der Waals surface area contributed by atoms with Gasteiger partial charge in [-0.2, -0.15) is 0 Å². The number of carbonyl (C=O) groups is 1. The van der Waals surface area contributed by atoms with E-state index in [0.717, 1.165) is 48.5 Å². The first kappa shape index (κ1) is 23.4. The summed E-state index contributed by atoms with van der Waals surface area (Å²) in [6, 6.07) is 25.5. The molecule has 0 aliphatic carbocycles. The van der Waals surface area contributed by atoms with Gasteiger partial charge < -0.3 is 19.3 Å². The third-order valence-corrected chi connectivity index (χ3v) is 5.15. The van der Waals surface area contributed by atoms with Gasteiger partial charge in [0.15, 0.2) is 6.10 Å². The number of unbranched alkanes of at least 4 members (excludes halogenated alkanes) is 2. The van der Waals surface area contributed by atoms with Gasteiger partial charge in [-0.3, -0.25) is 0 Å². The lowest BCUT2D eigenvalue weighted by Crippen LogP contribution is -2.24. The maximum Gasteiger partial charge on any atom is 0.333 e. The molecule has 168 valence electrons. The molecule has 1 unspecified atom stereocenters. The van der Waals surface area contributed by atoms with Crippen molar-refractivity contribution in [2.75, 3.05) is 13.7 Å². The predicted octanol–water partition coefficient (Wildman–Crippen LogP) is 5.91. The van der Waals surface area contributed by atoms with Gasteiger partial charge in [-0.05, 0) is 73.2 Å². The quantitative estimate of drug-likeness (QED) is 0.339. The minimum absolute atomic E-state index is 0.378. The first-order valence-electron chi connectivity index (χ1n) is 10.9. The highest BCUT2D eigenvalue weighted by Gasteiger charge is 2.16. The lowest BCUT2D eigenvalue weighted by Gasteiger charge is -2.11. The van der Waals surface area contributed by atoms with Crippen LogP contribution < -0.4 is 9.47 Å². The summed E-state index contributed by atoms with van der Waals surface area (Å²) in [6.07, 6.45) is 3.64. The zero-order valence-corrected chi connectivity index (χ0v) is 18.4. The average Bonchev–Trinajstić information content (AvgIpc) is 2.81. The summed E-state index contributed by atoms with van der Waals surface area (Å²) in [7, 11) is 1.43. The Morgan fingerprint density at radius 1 is 0.812 bits per heavy atom. The van der Waals surface area contributed by atoms with Crippen LogP contribution in [0.1, 0.15) is 30.4 Å². The van der Waals surface area contributed by atoms with E-state index < -0.39 is 12.1 Å². The van der Waals surface area contributed by atoms with Crippen LogP contribution in [-0.2, 0) is 22.4 Å². The molecule has 0 aliphatic heterocycles. The van der Waals surface area contributed by atoms with Gasteiger partial charge in [-0.15, -0.1) is 0 Å². The minimum Gasteiger partial charge on any atom is -0.494 e. The van der Waals surface area contributed by atoms with Crippen LogP contribution in [0, 0.1) is 0 Å². The highest BCUT2D eigenvalue weighted by Crippen LogP contribution is 2.23. The monoisotopic (exact) mass is 434 g/mol. The number of carboxylic acids is 1. The van der Waals surface area contributed by atoms with E-state index in [4.69, 9.17) is 19.3 Å². The predicted molar refractivity (Wildman–Crippen MR) is 125 cm³/mol. The van der Waals surface area contributed by atoms with E-state index in [-0.39, 0.29) is 0 Å². The van der Waals surface area contributed by atoms with Gasteiger partial charge in [0.05, 0.1) is 6.61 Å². The van der Waals surface area contributed by atoms with Crippen molar-refractivity contribution in [3.05, 3.63) is 90.0 Å². The molecule has 3 aromatic carbocycles. The summed E-state index contributed by atoms with van der Waals surface area (Å²) in [4.78, 5) is 11.1. The normalized spacial score (nSPS) is 11.7. The third kappa shape index (κ3) is 7.75. The number of benzene rings is 3. The standard InChI is InChI=1S/C27H30O5/c1-30-26(27(28)29)20-22-11-8-10-21(19-22)9-4-3-7-18-31-23-14-16-25(17-15-23)32-24-12-5-2-6-13-24/h2,5-6,8,10-17,19,26H,3-4,7,9,18,20H2,1H3,(H,28,29). The van der Waals surface area contributed by atoms with Crippen molar-refractivity contribution in [2.24, 2.45) is 0 Å². The van der Waals surface area contributed by atoms with Crippen LogP contribution in [0.2, 0.25) is 0 Å². The Labute approximate surface area is 189 Å². The van der Waals surface area contributed by atoms with E-state index in [0.29, 0.717) is 13.0 Å². The molecule has 0 aliphatic rings. The molecule has 32 heavy (non-hydrogen) atoms. The Balaban J connectivity index is 1.34. The molecule has 0 saturated carbocycles. The highest BCUT2D eigenvalue weighted by atomic mass is 16.5. The van der Waals surface area contributed by atoms with Crippen LogP contribution in [0.5, 0.6) is 17.2 Å². The summed E-state index contributed by atoms with van der Waals surface area (Å²) < 4.78 is 16.7. The van der Waals surface area contributed by atoms with E-state index in [9.17, 15) is 4.79 Å². The summed E-state index contributed by atoms with van der Waals surface area (Å²) in [5.41, 5.74) is 2.21. The number of aryl methyl sites for hydroxylation is 1. The Morgan fingerprint density at radius 2 is 1.50 bits per heavy atom. The van der Waals surface area contributed by atoms with Crippen LogP contribution in [0.4, 0.5) is 0 Å². The second-order valence-electron chi connectivity index (χ2n) is 7.63.